The molecule has 1 aliphatic heterocycles. The molecule has 0 saturated carbocycles. The molecule has 0 aliphatic carbocycles. The number of hydrogen-bond acceptors (Lipinski definition) is 4. The molecule has 0 spiro atoms. The Balaban J connectivity index is 1.59. The maximum absolute atomic E-state index is 4.08. The average Bonchev–Trinajstić information content (AvgIpc) is 2.92. The van der Waals surface area contributed by atoms with Crippen LogP contribution in [0, 0.1) is 0 Å². The molecule has 4 heteroatoms. The monoisotopic (exact) mass is 259 g/mol. The first kappa shape index (κ1) is 11.8. The van der Waals surface area contributed by atoms with Crippen LogP contribution < -0.4 is 10.6 Å². The Morgan fingerprint density at radius 2 is 2.28 bits per heavy atom. The molecule has 94 valence electrons. The van der Waals surface area contributed by atoms with Gasteiger partial charge in [-0.2, -0.15) is 0 Å². The first-order valence-electron chi connectivity index (χ1n) is 6.31. The molecule has 0 unspecified atom stereocenters. The van der Waals surface area contributed by atoms with Gasteiger partial charge in [0.2, 0.25) is 0 Å². The van der Waals surface area contributed by atoms with Crippen molar-refractivity contribution in [3.8, 4) is 0 Å². The summed E-state index contributed by atoms with van der Waals surface area (Å²) in [6, 6.07) is 6.84. The molecule has 1 aromatic heterocycles. The van der Waals surface area contributed by atoms with Crippen molar-refractivity contribution in [3.05, 3.63) is 51.5 Å². The lowest BCUT2D eigenvalue weighted by atomic mass is 9.98. The van der Waals surface area contributed by atoms with Crippen LogP contribution in [-0.2, 0) is 26.1 Å². The molecule has 0 fully saturated rings. The van der Waals surface area contributed by atoms with Gasteiger partial charge in [0, 0.05) is 30.7 Å². The third-order valence-electron chi connectivity index (χ3n) is 3.27. The summed E-state index contributed by atoms with van der Waals surface area (Å²) in [6.45, 7) is 3.94. The Kier molecular flexibility index (Phi) is 3.69. The second-order valence-electron chi connectivity index (χ2n) is 4.60. The molecule has 1 aromatic carbocycles. The maximum atomic E-state index is 4.08. The van der Waals surface area contributed by atoms with E-state index in [1.807, 2.05) is 11.7 Å². The van der Waals surface area contributed by atoms with E-state index < -0.39 is 0 Å². The normalized spacial score (nSPS) is 14.4. The van der Waals surface area contributed by atoms with Gasteiger partial charge in [0.1, 0.15) is 0 Å². The number of benzene rings is 1. The minimum Gasteiger partial charge on any atom is -0.312 e. The van der Waals surface area contributed by atoms with E-state index in [0.717, 1.165) is 32.6 Å². The predicted octanol–water partition coefficient (Wildman–Crippen LogP) is 2.08. The number of thiazole rings is 1. The van der Waals surface area contributed by atoms with Crippen molar-refractivity contribution in [1.29, 1.82) is 0 Å². The van der Waals surface area contributed by atoms with Crippen LogP contribution in [0.3, 0.4) is 0 Å². The summed E-state index contributed by atoms with van der Waals surface area (Å²) in [5.74, 6) is 0. The van der Waals surface area contributed by atoms with E-state index in [2.05, 4.69) is 33.8 Å². The molecular formula is C14H17N3S. The van der Waals surface area contributed by atoms with Crippen molar-refractivity contribution in [2.45, 2.75) is 26.1 Å². The van der Waals surface area contributed by atoms with Gasteiger partial charge in [-0.3, -0.25) is 4.98 Å². The zero-order valence-corrected chi connectivity index (χ0v) is 11.1. The van der Waals surface area contributed by atoms with Crippen LogP contribution in [0.4, 0.5) is 0 Å². The van der Waals surface area contributed by atoms with Crippen molar-refractivity contribution in [2.75, 3.05) is 6.54 Å². The van der Waals surface area contributed by atoms with E-state index in [1.165, 1.54) is 21.6 Å². The fourth-order valence-corrected chi connectivity index (χ4v) is 2.87. The van der Waals surface area contributed by atoms with E-state index in [0.29, 0.717) is 0 Å². The molecule has 2 aromatic rings. The van der Waals surface area contributed by atoms with Crippen molar-refractivity contribution < 1.29 is 0 Å². The highest BCUT2D eigenvalue weighted by atomic mass is 32.1. The van der Waals surface area contributed by atoms with Gasteiger partial charge in [0.15, 0.2) is 0 Å². The van der Waals surface area contributed by atoms with Crippen molar-refractivity contribution in [2.24, 2.45) is 0 Å². The summed E-state index contributed by atoms with van der Waals surface area (Å²) >= 11 is 1.70. The first-order chi connectivity index (χ1) is 8.92. The average molecular weight is 259 g/mol. The fourth-order valence-electron chi connectivity index (χ4n) is 2.30. The summed E-state index contributed by atoms with van der Waals surface area (Å²) in [4.78, 5) is 5.36. The van der Waals surface area contributed by atoms with E-state index in [-0.39, 0.29) is 0 Å². The highest BCUT2D eigenvalue weighted by Gasteiger charge is 2.08. The Morgan fingerprint density at radius 1 is 1.28 bits per heavy atom. The second-order valence-corrected chi connectivity index (χ2v) is 5.57. The molecule has 0 atom stereocenters. The van der Waals surface area contributed by atoms with Crippen molar-refractivity contribution in [3.63, 3.8) is 0 Å². The topological polar surface area (TPSA) is 37.0 Å². The van der Waals surface area contributed by atoms with Crippen LogP contribution in [0.2, 0.25) is 0 Å². The van der Waals surface area contributed by atoms with Crippen LogP contribution in [0.25, 0.3) is 0 Å². The van der Waals surface area contributed by atoms with Gasteiger partial charge >= 0.3 is 0 Å². The summed E-state index contributed by atoms with van der Waals surface area (Å²) in [5.41, 5.74) is 6.20. The molecule has 0 amide bonds. The highest BCUT2D eigenvalue weighted by molar-refractivity contribution is 7.09. The predicted molar refractivity (Wildman–Crippen MR) is 74.5 cm³/mol. The maximum Gasteiger partial charge on any atom is 0.0794 e. The largest absolute Gasteiger partial charge is 0.312 e. The SMILES string of the molecule is c1ncc(CNCc2ccc3c(c2)CNCC3)s1. The van der Waals surface area contributed by atoms with Crippen LogP contribution in [0.1, 0.15) is 21.6 Å². The minimum atomic E-state index is 0.903. The quantitative estimate of drug-likeness (QED) is 0.882. The minimum absolute atomic E-state index is 0.903. The van der Waals surface area contributed by atoms with E-state index >= 15 is 0 Å². The lowest BCUT2D eigenvalue weighted by Crippen LogP contribution is -2.24. The molecular weight excluding hydrogens is 242 g/mol. The van der Waals surface area contributed by atoms with Crippen LogP contribution >= 0.6 is 11.3 Å². The standard InChI is InChI=1S/C14H17N3S/c1-2-12-3-4-15-7-13(12)5-11(1)6-16-8-14-9-17-10-18-14/h1-2,5,9-10,15-16H,3-4,6-8H2. The Morgan fingerprint density at radius 3 is 3.17 bits per heavy atom. The molecule has 1 aliphatic rings. The molecule has 3 nitrogen and oxygen atoms in total. The van der Waals surface area contributed by atoms with Crippen LogP contribution in [-0.4, -0.2) is 11.5 Å². The van der Waals surface area contributed by atoms with E-state index in [9.17, 15) is 0 Å². The van der Waals surface area contributed by atoms with Gasteiger partial charge in [-0.15, -0.1) is 11.3 Å². The molecule has 2 heterocycles. The third kappa shape index (κ3) is 2.77. The first-order valence-corrected chi connectivity index (χ1v) is 7.19. The number of rotatable bonds is 4. The van der Waals surface area contributed by atoms with Gasteiger partial charge in [-0.05, 0) is 29.7 Å². The highest BCUT2D eigenvalue weighted by Crippen LogP contribution is 2.16. The summed E-state index contributed by atoms with van der Waals surface area (Å²) in [7, 11) is 0. The van der Waals surface area contributed by atoms with Crippen molar-refractivity contribution in [1.82, 2.24) is 15.6 Å². The number of aromatic nitrogens is 1. The summed E-state index contributed by atoms with van der Waals surface area (Å²) < 4.78 is 0. The van der Waals surface area contributed by atoms with Crippen LogP contribution in [0.5, 0.6) is 0 Å². The van der Waals surface area contributed by atoms with E-state index in [1.54, 1.807) is 11.3 Å². The lowest BCUT2D eigenvalue weighted by Gasteiger charge is -2.18. The molecule has 2 N–H and O–H groups in total. The molecule has 3 rings (SSSR count). The third-order valence-corrected chi connectivity index (χ3v) is 4.05. The number of hydrogen-bond donors (Lipinski definition) is 2. The summed E-state index contributed by atoms with van der Waals surface area (Å²) in [5, 5.41) is 6.88. The number of nitrogens with one attached hydrogen (secondary N) is 2. The van der Waals surface area contributed by atoms with E-state index in [4.69, 9.17) is 0 Å². The van der Waals surface area contributed by atoms with Crippen molar-refractivity contribution >= 4 is 11.3 Å². The van der Waals surface area contributed by atoms with Gasteiger partial charge in [0.25, 0.3) is 0 Å². The Bertz CT molecular complexity index is 508. The van der Waals surface area contributed by atoms with Crippen LogP contribution in [0.15, 0.2) is 29.9 Å². The smallest absolute Gasteiger partial charge is 0.0794 e. The lowest BCUT2D eigenvalue weighted by molar-refractivity contribution is 0.639. The molecule has 0 radical (unpaired) electrons. The van der Waals surface area contributed by atoms with Gasteiger partial charge < -0.3 is 10.6 Å². The van der Waals surface area contributed by atoms with Gasteiger partial charge in [-0.25, -0.2) is 0 Å². The molecule has 0 saturated heterocycles. The second kappa shape index (κ2) is 5.61. The fraction of sp³-hybridized carbons (Fsp3) is 0.357. The summed E-state index contributed by atoms with van der Waals surface area (Å²) in [6.07, 6.45) is 3.08. The Labute approximate surface area is 111 Å². The Hall–Kier alpha value is -1.23. The zero-order chi connectivity index (χ0) is 12.2. The molecule has 0 bridgehead atoms. The zero-order valence-electron chi connectivity index (χ0n) is 10.3. The number of fused-ring (bicyclic) bond motifs is 1. The number of nitrogens with zero attached hydrogens (tertiary/aromatic N) is 1. The van der Waals surface area contributed by atoms with Gasteiger partial charge in [0.05, 0.1) is 5.51 Å². The molecule has 18 heavy (non-hydrogen) atoms. The van der Waals surface area contributed by atoms with Gasteiger partial charge in [-0.1, -0.05) is 18.2 Å².